The summed E-state index contributed by atoms with van der Waals surface area (Å²) in [5.74, 6) is 0. The molecule has 0 aliphatic carbocycles. The molecule has 4 fully saturated rings. The van der Waals surface area contributed by atoms with Crippen LogP contribution in [0.3, 0.4) is 0 Å². The smallest absolute Gasteiger partial charge is 0.163 e. The molecule has 7 heteroatoms. The van der Waals surface area contributed by atoms with Crippen molar-refractivity contribution in [3.63, 3.8) is 0 Å². The first-order chi connectivity index (χ1) is 6.18. The topological polar surface area (TPSA) is 74.8 Å². The van der Waals surface area contributed by atoms with E-state index < -0.39 is 0 Å². The van der Waals surface area contributed by atoms with Gasteiger partial charge in [-0.2, -0.15) is 0 Å². The number of piperazine rings is 3. The third-order valence-corrected chi connectivity index (χ3v) is 3.25. The number of nitrogens with one attached hydrogen (secondary N) is 1. The van der Waals surface area contributed by atoms with Gasteiger partial charge in [-0.25, -0.2) is 0 Å². The second-order valence-electron chi connectivity index (χ2n) is 3.94. The summed E-state index contributed by atoms with van der Waals surface area (Å²) in [6.07, 6.45) is -1.09. The van der Waals surface area contributed by atoms with Crippen LogP contribution >= 0.6 is 0 Å². The Morgan fingerprint density at radius 3 is 1.38 bits per heavy atom. The highest BCUT2D eigenvalue weighted by Crippen LogP contribution is 2.24. The third kappa shape index (κ3) is 0.868. The highest BCUT2D eigenvalue weighted by molar-refractivity contribution is 4.86. The van der Waals surface area contributed by atoms with Crippen molar-refractivity contribution in [1.29, 1.82) is 0 Å². The molecule has 4 bridgehead atoms. The molecule has 0 aromatic heterocycles. The van der Waals surface area contributed by atoms with E-state index in [4.69, 9.17) is 0 Å². The summed E-state index contributed by atoms with van der Waals surface area (Å²) in [7, 11) is 0. The van der Waals surface area contributed by atoms with Gasteiger partial charge < -0.3 is 20.5 Å². The molecule has 7 nitrogen and oxygen atoms in total. The van der Waals surface area contributed by atoms with Crippen molar-refractivity contribution in [2.75, 3.05) is 19.6 Å². The monoisotopic (exact) mass is 189 g/mol. The van der Waals surface area contributed by atoms with Crippen molar-refractivity contribution in [3.8, 4) is 0 Å². The number of nitrogens with zero attached hydrogens (tertiary/aromatic N) is 3. The van der Waals surface area contributed by atoms with E-state index in [1.165, 1.54) is 4.90 Å². The molecule has 13 heavy (non-hydrogen) atoms. The lowest BCUT2D eigenvalue weighted by molar-refractivity contribution is -0.946. The summed E-state index contributed by atoms with van der Waals surface area (Å²) in [5, 5.41) is 31.8. The molecule has 4 heterocycles. The highest BCUT2D eigenvalue weighted by atomic mass is 16.6. The molecular formula is C6H13N4O3+. The predicted octanol–water partition coefficient (Wildman–Crippen LogP) is -3.04. The van der Waals surface area contributed by atoms with Crippen molar-refractivity contribution in [2.24, 2.45) is 0 Å². The maximum absolute atomic E-state index is 9.58. The summed E-state index contributed by atoms with van der Waals surface area (Å²) in [6, 6.07) is 0. The van der Waals surface area contributed by atoms with Crippen LogP contribution < -0.4 is 4.90 Å². The van der Waals surface area contributed by atoms with Crippen LogP contribution in [0.1, 0.15) is 0 Å². The predicted molar refractivity (Wildman–Crippen MR) is 37.8 cm³/mol. The van der Waals surface area contributed by atoms with Crippen molar-refractivity contribution >= 4 is 0 Å². The molecule has 0 spiro atoms. The van der Waals surface area contributed by atoms with E-state index >= 15 is 0 Å². The zero-order valence-corrected chi connectivity index (χ0v) is 7.04. The zero-order chi connectivity index (χ0) is 9.16. The van der Waals surface area contributed by atoms with E-state index in [0.29, 0.717) is 19.6 Å². The van der Waals surface area contributed by atoms with Gasteiger partial charge in [0.25, 0.3) is 0 Å². The number of hydrogen-bond donors (Lipinski definition) is 4. The van der Waals surface area contributed by atoms with Gasteiger partial charge in [0.05, 0.1) is 0 Å². The van der Waals surface area contributed by atoms with E-state index in [1.54, 1.807) is 0 Å². The lowest BCUT2D eigenvalue weighted by Crippen LogP contribution is -3.23. The Morgan fingerprint density at radius 2 is 1.08 bits per heavy atom. The number of hydroxylamine groups is 6. The fourth-order valence-corrected chi connectivity index (χ4v) is 2.55. The minimum Gasteiger partial charge on any atom is -0.327 e. The Hall–Kier alpha value is -0.280. The molecule has 74 valence electrons. The minimum absolute atomic E-state index is 0.365. The average Bonchev–Trinajstić information content (AvgIpc) is 2.12. The van der Waals surface area contributed by atoms with E-state index in [9.17, 15) is 15.6 Å². The van der Waals surface area contributed by atoms with Crippen LogP contribution in [0, 0.1) is 0 Å². The Bertz CT molecular complexity index is 190. The summed E-state index contributed by atoms with van der Waals surface area (Å²) in [4.78, 5) is 1.32. The van der Waals surface area contributed by atoms with Crippen molar-refractivity contribution in [3.05, 3.63) is 0 Å². The fraction of sp³-hybridized carbons (Fsp3) is 1.00. The van der Waals surface area contributed by atoms with Crippen molar-refractivity contribution in [1.82, 2.24) is 15.2 Å². The maximum Gasteiger partial charge on any atom is 0.163 e. The van der Waals surface area contributed by atoms with Gasteiger partial charge in [0.1, 0.15) is 19.6 Å². The molecule has 4 aliphatic rings. The minimum atomic E-state index is -0.365. The lowest BCUT2D eigenvalue weighted by atomic mass is 10.1. The molecule has 4 aliphatic heterocycles. The molecule has 0 aromatic carbocycles. The van der Waals surface area contributed by atoms with E-state index in [-0.39, 0.29) is 18.5 Å². The molecule has 4 N–H and O–H groups in total. The van der Waals surface area contributed by atoms with Crippen LogP contribution in [-0.2, 0) is 0 Å². The fourth-order valence-electron chi connectivity index (χ4n) is 2.55. The van der Waals surface area contributed by atoms with Gasteiger partial charge in [0, 0.05) is 0 Å². The quantitative estimate of drug-likeness (QED) is 0.325. The van der Waals surface area contributed by atoms with E-state index in [2.05, 4.69) is 0 Å². The summed E-state index contributed by atoms with van der Waals surface area (Å²) in [5.41, 5.74) is 0. The van der Waals surface area contributed by atoms with Crippen LogP contribution in [0.5, 0.6) is 0 Å². The van der Waals surface area contributed by atoms with Crippen molar-refractivity contribution in [2.45, 2.75) is 18.5 Å². The van der Waals surface area contributed by atoms with Crippen LogP contribution in [0.4, 0.5) is 0 Å². The standard InChI is InChI=1S/C6H12N4O3/c11-8-4-1-7-2-5(8)10(13)6(3-7)9(4)12/h4-6,11-13H,1-3H2/p+1. The normalized spacial score (nSPS) is 51.9. The van der Waals surface area contributed by atoms with E-state index in [0.717, 1.165) is 15.2 Å². The molecule has 0 saturated carbocycles. The molecule has 0 radical (unpaired) electrons. The van der Waals surface area contributed by atoms with Gasteiger partial charge in [0.2, 0.25) is 0 Å². The number of hydrogen-bond acceptors (Lipinski definition) is 6. The Labute approximate surface area is 74.8 Å². The molecule has 0 unspecified atom stereocenters. The maximum atomic E-state index is 9.58. The first-order valence-corrected chi connectivity index (χ1v) is 4.43. The summed E-state index contributed by atoms with van der Waals surface area (Å²) >= 11 is 0. The van der Waals surface area contributed by atoms with Crippen molar-refractivity contribution < 1.29 is 20.5 Å². The first kappa shape index (κ1) is 8.06. The van der Waals surface area contributed by atoms with Gasteiger partial charge in [-0.3, -0.25) is 0 Å². The van der Waals surface area contributed by atoms with Crippen LogP contribution in [0.25, 0.3) is 0 Å². The SMILES string of the molecule is ON1C2C[NH+]3CC1N(O)C(C3)N2O. The molecule has 4 saturated heterocycles. The van der Waals surface area contributed by atoms with Gasteiger partial charge in [-0.1, -0.05) is 0 Å². The number of rotatable bonds is 0. The molecule has 0 amide bonds. The Balaban J connectivity index is 1.97. The molecular weight excluding hydrogens is 176 g/mol. The number of quaternary nitrogens is 1. The Morgan fingerprint density at radius 1 is 0.769 bits per heavy atom. The van der Waals surface area contributed by atoms with Gasteiger partial charge in [-0.15, -0.1) is 15.2 Å². The average molecular weight is 189 g/mol. The second kappa shape index (κ2) is 2.39. The van der Waals surface area contributed by atoms with Crippen LogP contribution in [-0.4, -0.2) is 68.9 Å². The molecule has 0 atom stereocenters. The molecule has 0 aromatic rings. The van der Waals surface area contributed by atoms with Gasteiger partial charge >= 0.3 is 0 Å². The first-order valence-electron chi connectivity index (χ1n) is 4.43. The second-order valence-corrected chi connectivity index (χ2v) is 3.94. The summed E-state index contributed by atoms with van der Waals surface area (Å²) < 4.78 is 0. The highest BCUT2D eigenvalue weighted by Gasteiger charge is 2.57. The lowest BCUT2D eigenvalue weighted by Gasteiger charge is -2.58. The van der Waals surface area contributed by atoms with Crippen LogP contribution in [0.2, 0.25) is 0 Å². The largest absolute Gasteiger partial charge is 0.327 e. The third-order valence-electron chi connectivity index (χ3n) is 3.25. The molecule has 4 rings (SSSR count). The zero-order valence-electron chi connectivity index (χ0n) is 7.04. The van der Waals surface area contributed by atoms with E-state index in [1.807, 2.05) is 0 Å². The van der Waals surface area contributed by atoms with Gasteiger partial charge in [0.15, 0.2) is 18.5 Å². The Kier molecular flexibility index (Phi) is 1.48. The summed E-state index contributed by atoms with van der Waals surface area (Å²) in [6.45, 7) is 2.11. The van der Waals surface area contributed by atoms with Crippen LogP contribution in [0.15, 0.2) is 0 Å². The van der Waals surface area contributed by atoms with Gasteiger partial charge in [-0.05, 0) is 0 Å².